The second kappa shape index (κ2) is 5.94. The van der Waals surface area contributed by atoms with Gasteiger partial charge in [0.05, 0.1) is 0 Å². The summed E-state index contributed by atoms with van der Waals surface area (Å²) >= 11 is 0. The lowest BCUT2D eigenvalue weighted by molar-refractivity contribution is -0.164. The van der Waals surface area contributed by atoms with E-state index in [2.05, 4.69) is 19.1 Å². The molecule has 0 heterocycles. The van der Waals surface area contributed by atoms with Gasteiger partial charge in [-0.05, 0) is 46.0 Å². The van der Waals surface area contributed by atoms with Crippen LogP contribution in [0.5, 0.6) is 0 Å². The first-order valence-corrected chi connectivity index (χ1v) is 8.27. The Kier molecular flexibility index (Phi) is 4.60. The van der Waals surface area contributed by atoms with E-state index in [4.69, 9.17) is 4.74 Å². The Bertz CT molecular complexity index is 444. The number of ketones is 1. The Morgan fingerprint density at radius 2 is 2.10 bits per heavy atom. The maximum absolute atomic E-state index is 12.5. The maximum atomic E-state index is 12.5. The summed E-state index contributed by atoms with van der Waals surface area (Å²) in [6, 6.07) is 0. The normalized spacial score (nSPS) is 31.5. The Balaban J connectivity index is 2.01. The van der Waals surface area contributed by atoms with Gasteiger partial charge in [-0.2, -0.15) is 0 Å². The van der Waals surface area contributed by atoms with E-state index in [0.29, 0.717) is 6.42 Å². The summed E-state index contributed by atoms with van der Waals surface area (Å²) in [7, 11) is 0. The van der Waals surface area contributed by atoms with Crippen molar-refractivity contribution in [2.75, 3.05) is 0 Å². The first-order chi connectivity index (χ1) is 9.84. The zero-order chi connectivity index (χ0) is 15.7. The number of carbonyl (C=O) groups is 2. The molecule has 118 valence electrons. The first kappa shape index (κ1) is 16.3. The van der Waals surface area contributed by atoms with Gasteiger partial charge in [0.2, 0.25) is 0 Å². The molecular formula is C18H28O3. The zero-order valence-corrected chi connectivity index (χ0v) is 13.8. The van der Waals surface area contributed by atoms with E-state index in [0.717, 1.165) is 12.8 Å². The molecule has 2 aliphatic carbocycles. The van der Waals surface area contributed by atoms with Crippen LogP contribution < -0.4 is 0 Å². The number of Topliss-reactive ketones (excluding diaryl/α,β-unsaturated/α-hetero) is 1. The van der Waals surface area contributed by atoms with Crippen LogP contribution in [0.1, 0.15) is 66.2 Å². The fourth-order valence-corrected chi connectivity index (χ4v) is 3.59. The average molecular weight is 292 g/mol. The molecule has 2 aliphatic rings. The molecule has 3 heteroatoms. The lowest BCUT2D eigenvalue weighted by Crippen LogP contribution is -2.34. The largest absolute Gasteiger partial charge is 0.459 e. The molecule has 0 radical (unpaired) electrons. The number of allylic oxidation sites excluding steroid dienone is 2. The minimum absolute atomic E-state index is 0.0789. The summed E-state index contributed by atoms with van der Waals surface area (Å²) in [5.74, 6) is 0.0492. The minimum Gasteiger partial charge on any atom is -0.459 e. The third-order valence-electron chi connectivity index (χ3n) is 4.63. The quantitative estimate of drug-likeness (QED) is 0.321. The van der Waals surface area contributed by atoms with Crippen LogP contribution in [-0.2, 0) is 14.3 Å². The van der Waals surface area contributed by atoms with E-state index < -0.39 is 11.0 Å². The van der Waals surface area contributed by atoms with Gasteiger partial charge in [0.15, 0.2) is 5.78 Å². The number of carbonyl (C=O) groups excluding carboxylic acids is 2. The van der Waals surface area contributed by atoms with E-state index in [-0.39, 0.29) is 23.6 Å². The van der Waals surface area contributed by atoms with Crippen molar-refractivity contribution in [3.05, 3.63) is 12.2 Å². The summed E-state index contributed by atoms with van der Waals surface area (Å²) in [6.07, 6.45) is 10.3. The van der Waals surface area contributed by atoms with Crippen molar-refractivity contribution in [2.24, 2.45) is 17.3 Å². The van der Waals surface area contributed by atoms with Crippen LogP contribution >= 0.6 is 0 Å². The molecule has 0 unspecified atom stereocenters. The van der Waals surface area contributed by atoms with Gasteiger partial charge in [-0.25, -0.2) is 0 Å². The highest BCUT2D eigenvalue weighted by atomic mass is 16.6. The molecule has 3 nitrogen and oxygen atoms in total. The summed E-state index contributed by atoms with van der Waals surface area (Å²) < 4.78 is 5.52. The fraction of sp³-hybridized carbons (Fsp3) is 0.778. The van der Waals surface area contributed by atoms with Crippen molar-refractivity contribution in [3.8, 4) is 0 Å². The molecule has 0 spiro atoms. The van der Waals surface area contributed by atoms with Gasteiger partial charge in [0.25, 0.3) is 0 Å². The second-order valence-corrected chi connectivity index (χ2v) is 7.39. The smallest absolute Gasteiger partial charge is 0.321 e. The van der Waals surface area contributed by atoms with Crippen molar-refractivity contribution in [3.63, 3.8) is 0 Å². The maximum Gasteiger partial charge on any atom is 0.321 e. The van der Waals surface area contributed by atoms with Crippen LogP contribution in [-0.4, -0.2) is 17.4 Å². The van der Waals surface area contributed by atoms with Crippen LogP contribution in [0, 0.1) is 17.3 Å². The van der Waals surface area contributed by atoms with Crippen LogP contribution in [0.15, 0.2) is 12.2 Å². The molecule has 0 aliphatic heterocycles. The van der Waals surface area contributed by atoms with Crippen molar-refractivity contribution >= 4 is 11.8 Å². The fourth-order valence-electron chi connectivity index (χ4n) is 3.59. The van der Waals surface area contributed by atoms with Gasteiger partial charge in [0, 0.05) is 12.3 Å². The topological polar surface area (TPSA) is 43.4 Å². The molecule has 0 saturated heterocycles. The van der Waals surface area contributed by atoms with Gasteiger partial charge < -0.3 is 4.74 Å². The molecule has 0 aromatic carbocycles. The van der Waals surface area contributed by atoms with E-state index in [1.165, 1.54) is 19.3 Å². The SMILES string of the molecule is CCCCC/C=C/[C@H]1[C@@H]2CCC(=O)[C@@]12C(=O)OC(C)(C)C. The highest BCUT2D eigenvalue weighted by Crippen LogP contribution is 2.67. The van der Waals surface area contributed by atoms with E-state index in [1.54, 1.807) is 0 Å². The predicted octanol–water partition coefficient (Wildman–Crippen LogP) is 4.06. The Labute approximate surface area is 128 Å². The summed E-state index contributed by atoms with van der Waals surface area (Å²) in [4.78, 5) is 24.8. The summed E-state index contributed by atoms with van der Waals surface area (Å²) in [6.45, 7) is 7.75. The lowest BCUT2D eigenvalue weighted by atomic mass is 9.97. The van der Waals surface area contributed by atoms with Crippen molar-refractivity contribution in [1.29, 1.82) is 0 Å². The number of esters is 1. The zero-order valence-electron chi connectivity index (χ0n) is 13.8. The highest BCUT2D eigenvalue weighted by molar-refractivity contribution is 6.10. The van der Waals surface area contributed by atoms with Crippen LogP contribution in [0.3, 0.4) is 0 Å². The molecule has 3 atom stereocenters. The molecule has 2 fully saturated rings. The summed E-state index contributed by atoms with van der Waals surface area (Å²) in [5.41, 5.74) is -1.37. The van der Waals surface area contributed by atoms with Gasteiger partial charge >= 0.3 is 5.97 Å². The van der Waals surface area contributed by atoms with Crippen LogP contribution in [0.2, 0.25) is 0 Å². The number of rotatable bonds is 6. The molecule has 0 aromatic heterocycles. The Morgan fingerprint density at radius 1 is 1.38 bits per heavy atom. The highest BCUT2D eigenvalue weighted by Gasteiger charge is 2.76. The molecule has 0 bridgehead atoms. The molecule has 2 rings (SSSR count). The van der Waals surface area contributed by atoms with Crippen LogP contribution in [0.4, 0.5) is 0 Å². The minimum atomic E-state index is -0.839. The summed E-state index contributed by atoms with van der Waals surface area (Å²) in [5, 5.41) is 0. The van der Waals surface area contributed by atoms with Crippen LogP contribution in [0.25, 0.3) is 0 Å². The number of hydrogen-bond donors (Lipinski definition) is 0. The van der Waals surface area contributed by atoms with Gasteiger partial charge in [0.1, 0.15) is 11.0 Å². The molecular weight excluding hydrogens is 264 g/mol. The molecule has 21 heavy (non-hydrogen) atoms. The molecule has 0 aromatic rings. The second-order valence-electron chi connectivity index (χ2n) is 7.39. The van der Waals surface area contributed by atoms with Crippen molar-refractivity contribution < 1.29 is 14.3 Å². The lowest BCUT2D eigenvalue weighted by Gasteiger charge is -2.23. The van der Waals surface area contributed by atoms with E-state index in [1.807, 2.05) is 20.8 Å². The number of hydrogen-bond acceptors (Lipinski definition) is 3. The molecule has 0 N–H and O–H groups in total. The standard InChI is InChI=1S/C18H28O3/c1-5-6-7-8-9-10-13-14-11-12-15(19)18(13,14)16(20)21-17(2,3)4/h9-10,13-14H,5-8,11-12H2,1-4H3/b10-9+/t13-,14-,18+/m0/s1. The van der Waals surface area contributed by atoms with Gasteiger partial charge in [-0.3, -0.25) is 9.59 Å². The first-order valence-electron chi connectivity index (χ1n) is 8.27. The number of ether oxygens (including phenoxy) is 1. The molecule has 2 saturated carbocycles. The Morgan fingerprint density at radius 3 is 2.71 bits per heavy atom. The third-order valence-corrected chi connectivity index (χ3v) is 4.63. The van der Waals surface area contributed by atoms with Crippen molar-refractivity contribution in [2.45, 2.75) is 71.8 Å². The average Bonchev–Trinajstić information content (AvgIpc) is 2.89. The Hall–Kier alpha value is -1.12. The number of unbranched alkanes of at least 4 members (excludes halogenated alkanes) is 3. The number of fused-ring (bicyclic) bond motifs is 1. The predicted molar refractivity (Wildman–Crippen MR) is 82.8 cm³/mol. The third kappa shape index (κ3) is 3.07. The van der Waals surface area contributed by atoms with E-state index >= 15 is 0 Å². The molecule has 0 amide bonds. The van der Waals surface area contributed by atoms with Gasteiger partial charge in [-0.15, -0.1) is 0 Å². The van der Waals surface area contributed by atoms with Crippen molar-refractivity contribution in [1.82, 2.24) is 0 Å². The van der Waals surface area contributed by atoms with E-state index in [9.17, 15) is 9.59 Å². The van der Waals surface area contributed by atoms with Gasteiger partial charge in [-0.1, -0.05) is 31.9 Å². The monoisotopic (exact) mass is 292 g/mol.